The van der Waals surface area contributed by atoms with Crippen molar-refractivity contribution in [3.63, 3.8) is 0 Å². The van der Waals surface area contributed by atoms with Crippen LogP contribution in [0.2, 0.25) is 0 Å². The van der Waals surface area contributed by atoms with Crippen LogP contribution >= 0.6 is 0 Å². The molecule has 1 aliphatic carbocycles. The predicted octanol–water partition coefficient (Wildman–Crippen LogP) is 9.58. The SMILES string of the molecule is COc1c2cccc1Cc1[c-]c(ccc1)Cc1cccc(c1OC)Cc1[c-]c(ccc1)C2.Cc1ccc([C-](O)c2ccc(C)cc2)cc1.[Zr+3]. The second kappa shape index (κ2) is 16.8. The maximum atomic E-state index is 10.1. The van der Waals surface area contributed by atoms with Crippen molar-refractivity contribution in [1.29, 1.82) is 0 Å². The molecule has 243 valence electrons. The molecule has 8 bridgehead atoms. The molecule has 0 fully saturated rings. The minimum Gasteiger partial charge on any atom is -0.496 e. The molecule has 6 aromatic rings. The minimum absolute atomic E-state index is 0. The Balaban J connectivity index is 0.000000233. The van der Waals surface area contributed by atoms with Gasteiger partial charge in [0.1, 0.15) is 11.5 Å². The molecule has 7 rings (SSSR count). The standard InChI is InChI=1S/C30H26O2.C15H15O.Zr/c1-31-29-25-11-5-12-26(29)18-22-8-4-10-24(16-22)20-28-14-6-13-27(30(28)32-2)19-23-9-3-7-21(15-23)17-25;1-11-3-7-13(8-4-11)15(16)14-9-5-12(2)6-10-14;/h3-14H,17-20H2,1-2H3;3-10,16H,1-2H3;/q-2;-1;+3. The largest absolute Gasteiger partial charge is 3.00 e. The van der Waals surface area contributed by atoms with E-state index < -0.39 is 0 Å². The molecule has 0 unspecified atom stereocenters. The van der Waals surface area contributed by atoms with Gasteiger partial charge in [-0.25, -0.2) is 0 Å². The summed E-state index contributed by atoms with van der Waals surface area (Å²) in [5.41, 5.74) is 13.5. The Morgan fingerprint density at radius 3 is 1.04 bits per heavy atom. The van der Waals surface area contributed by atoms with E-state index in [9.17, 15) is 5.11 Å². The quantitative estimate of drug-likeness (QED) is 0.184. The molecule has 0 aromatic heterocycles. The number of benzene rings is 6. The van der Waals surface area contributed by atoms with Crippen LogP contribution in [0.1, 0.15) is 66.8 Å². The third-order valence-corrected chi connectivity index (χ3v) is 8.77. The molecule has 4 heteroatoms. The molecule has 0 aliphatic heterocycles. The molecule has 0 saturated carbocycles. The Labute approximate surface area is 310 Å². The number of fused-ring (bicyclic) bond motifs is 8. The smallest absolute Gasteiger partial charge is 0.496 e. The van der Waals surface area contributed by atoms with E-state index in [2.05, 4.69) is 84.9 Å². The molecule has 1 N–H and O–H groups in total. The number of hydrogen-bond acceptors (Lipinski definition) is 3. The Kier molecular flexibility index (Phi) is 12.3. The molecule has 0 amide bonds. The fourth-order valence-electron chi connectivity index (χ4n) is 6.32. The third-order valence-electron chi connectivity index (χ3n) is 8.77. The van der Waals surface area contributed by atoms with Crippen LogP contribution in [-0.4, -0.2) is 19.3 Å². The summed E-state index contributed by atoms with van der Waals surface area (Å²) in [6, 6.07) is 48.7. The van der Waals surface area contributed by atoms with Crippen molar-refractivity contribution in [2.24, 2.45) is 0 Å². The monoisotopic (exact) mass is 719 g/mol. The summed E-state index contributed by atoms with van der Waals surface area (Å²) in [7, 11) is 3.53. The van der Waals surface area contributed by atoms with Gasteiger partial charge < -0.3 is 14.6 Å². The first kappa shape index (κ1) is 35.9. The van der Waals surface area contributed by atoms with Crippen molar-refractivity contribution in [2.45, 2.75) is 39.5 Å². The fourth-order valence-corrected chi connectivity index (χ4v) is 6.32. The molecule has 1 radical (unpaired) electrons. The van der Waals surface area contributed by atoms with Gasteiger partial charge in [-0.1, -0.05) is 82.9 Å². The molecule has 6 aromatic carbocycles. The number of rotatable bonds is 4. The van der Waals surface area contributed by atoms with Crippen molar-refractivity contribution in [3.8, 4) is 11.5 Å². The zero-order valence-corrected chi connectivity index (χ0v) is 31.1. The van der Waals surface area contributed by atoms with Crippen LogP contribution in [0.15, 0.2) is 121 Å². The summed E-state index contributed by atoms with van der Waals surface area (Å²) in [4.78, 5) is 0. The summed E-state index contributed by atoms with van der Waals surface area (Å²) < 4.78 is 11.8. The van der Waals surface area contributed by atoms with E-state index in [-0.39, 0.29) is 26.2 Å². The molecular weight excluding hydrogens is 680 g/mol. The number of hydrogen-bond donors (Lipinski definition) is 1. The molecule has 0 atom stereocenters. The number of ether oxygens (including phenoxy) is 2. The zero-order valence-electron chi connectivity index (χ0n) is 28.6. The molecule has 0 heterocycles. The Hall–Kier alpha value is -4.37. The Bertz CT molecular complexity index is 1760. The maximum absolute atomic E-state index is 10.1. The van der Waals surface area contributed by atoms with Gasteiger partial charge in [0.25, 0.3) is 0 Å². The Morgan fingerprint density at radius 2 is 0.755 bits per heavy atom. The summed E-state index contributed by atoms with van der Waals surface area (Å²) in [5.74, 6) is 1.92. The minimum atomic E-state index is 0. The van der Waals surface area contributed by atoms with Gasteiger partial charge in [-0.3, -0.25) is 0 Å². The number of para-hydroxylation sites is 2. The van der Waals surface area contributed by atoms with E-state index in [1.807, 2.05) is 62.4 Å². The van der Waals surface area contributed by atoms with Crippen LogP contribution < -0.4 is 9.47 Å². The van der Waals surface area contributed by atoms with Crippen molar-refractivity contribution >= 4 is 0 Å². The van der Waals surface area contributed by atoms with E-state index in [0.29, 0.717) is 6.10 Å². The first-order valence-electron chi connectivity index (χ1n) is 16.4. The summed E-state index contributed by atoms with van der Waals surface area (Å²) in [6.07, 6.45) is 3.47. The molecule has 0 saturated heterocycles. The molecule has 3 nitrogen and oxygen atoms in total. The second-order valence-corrected chi connectivity index (χ2v) is 12.4. The van der Waals surface area contributed by atoms with Crippen molar-refractivity contribution in [3.05, 3.63) is 206 Å². The molecule has 49 heavy (non-hydrogen) atoms. The van der Waals surface area contributed by atoms with Gasteiger partial charge in [0, 0.05) is 6.10 Å². The van der Waals surface area contributed by atoms with Crippen LogP contribution in [-0.2, 0) is 51.9 Å². The summed E-state index contributed by atoms with van der Waals surface area (Å²) >= 11 is 0. The van der Waals surface area contributed by atoms with E-state index in [1.165, 1.54) is 33.4 Å². The van der Waals surface area contributed by atoms with Gasteiger partial charge >= 0.3 is 26.2 Å². The molecule has 1 aliphatic rings. The van der Waals surface area contributed by atoms with Gasteiger partial charge in [0.15, 0.2) is 0 Å². The topological polar surface area (TPSA) is 38.7 Å². The van der Waals surface area contributed by atoms with Crippen molar-refractivity contribution in [2.75, 3.05) is 14.2 Å². The van der Waals surface area contributed by atoms with Gasteiger partial charge in [-0.05, 0) is 61.8 Å². The van der Waals surface area contributed by atoms with Crippen LogP contribution in [0.3, 0.4) is 0 Å². The van der Waals surface area contributed by atoms with Gasteiger partial charge in [-0.15, -0.1) is 24.3 Å². The van der Waals surface area contributed by atoms with Crippen LogP contribution in [0, 0.1) is 32.1 Å². The van der Waals surface area contributed by atoms with Crippen molar-refractivity contribution in [1.82, 2.24) is 0 Å². The number of aryl methyl sites for hydroxylation is 2. The van der Waals surface area contributed by atoms with Gasteiger partial charge in [-0.2, -0.15) is 70.8 Å². The first-order valence-corrected chi connectivity index (χ1v) is 16.4. The number of methoxy groups -OCH3 is 2. The Morgan fingerprint density at radius 1 is 0.469 bits per heavy atom. The van der Waals surface area contributed by atoms with E-state index in [4.69, 9.17) is 9.47 Å². The molecular formula is C45H41O3Zr. The average Bonchev–Trinajstić information content (AvgIpc) is 3.09. The van der Waals surface area contributed by atoms with Crippen LogP contribution in [0.25, 0.3) is 0 Å². The van der Waals surface area contributed by atoms with E-state index in [1.54, 1.807) is 14.2 Å². The van der Waals surface area contributed by atoms with E-state index in [0.717, 1.165) is 70.6 Å². The van der Waals surface area contributed by atoms with Gasteiger partial charge in [0.2, 0.25) is 0 Å². The maximum Gasteiger partial charge on any atom is 3.00 e. The number of aliphatic hydroxyl groups excluding tert-OH is 1. The van der Waals surface area contributed by atoms with Crippen LogP contribution in [0.5, 0.6) is 11.5 Å². The predicted molar refractivity (Wildman–Crippen MR) is 194 cm³/mol. The van der Waals surface area contributed by atoms with Crippen molar-refractivity contribution < 1.29 is 40.8 Å². The summed E-state index contributed by atoms with van der Waals surface area (Å²) in [6.45, 7) is 4.07. The summed E-state index contributed by atoms with van der Waals surface area (Å²) in [5, 5.41) is 10.1. The first-order chi connectivity index (χ1) is 23.4. The third kappa shape index (κ3) is 9.01. The second-order valence-electron chi connectivity index (χ2n) is 12.4. The number of aliphatic hydroxyl groups is 1. The normalized spacial score (nSPS) is 11.7. The average molecular weight is 721 g/mol. The van der Waals surface area contributed by atoms with Gasteiger partial charge in [0.05, 0.1) is 14.2 Å². The van der Waals surface area contributed by atoms with Crippen LogP contribution in [0.4, 0.5) is 0 Å². The molecule has 0 spiro atoms. The van der Waals surface area contributed by atoms with E-state index >= 15 is 0 Å². The zero-order chi connectivity index (χ0) is 33.5. The fraction of sp³-hybridized carbons (Fsp3) is 0.178.